The molecule has 2 aromatic heterocycles. The number of fused-ring (bicyclic) bond motifs is 1. The average Bonchev–Trinajstić information content (AvgIpc) is 3.75. The standard InChI is InChI=1S/C29H37N7O2/c1-5-26(37)35-14-12-34(13-15-35)25(16-21-6-7-21)23-10-8-22(9-11-23)20(4)32-29-31-17-24-28(33-29)36(19(2)3)27(38)18-30-24/h5,8-11,17-21,25H,1,6-7,12-16H2,2-4H3,(H,31,32,33)/t20-,25?/m0/s1. The van der Waals surface area contributed by atoms with Gasteiger partial charge in [-0.1, -0.05) is 43.7 Å². The average molecular weight is 516 g/mol. The van der Waals surface area contributed by atoms with Gasteiger partial charge in [-0.2, -0.15) is 4.98 Å². The molecule has 1 aliphatic heterocycles. The molecule has 2 atom stereocenters. The topological polar surface area (TPSA) is 96.3 Å². The minimum atomic E-state index is -0.171. The summed E-state index contributed by atoms with van der Waals surface area (Å²) in [6, 6.07) is 9.15. The quantitative estimate of drug-likeness (QED) is 0.429. The van der Waals surface area contributed by atoms with Gasteiger partial charge in [-0.25, -0.2) is 9.97 Å². The molecule has 3 aromatic rings. The van der Waals surface area contributed by atoms with Crippen LogP contribution in [0.25, 0.3) is 11.2 Å². The van der Waals surface area contributed by atoms with Gasteiger partial charge in [-0.15, -0.1) is 0 Å². The fraction of sp³-hybridized carbons (Fsp3) is 0.483. The number of benzene rings is 1. The van der Waals surface area contributed by atoms with Gasteiger partial charge < -0.3 is 10.2 Å². The highest BCUT2D eigenvalue weighted by molar-refractivity contribution is 5.87. The van der Waals surface area contributed by atoms with E-state index in [0.717, 1.165) is 37.7 Å². The molecule has 38 heavy (non-hydrogen) atoms. The van der Waals surface area contributed by atoms with Crippen molar-refractivity contribution in [3.05, 3.63) is 70.8 Å². The van der Waals surface area contributed by atoms with Gasteiger partial charge in [0, 0.05) is 38.3 Å². The second kappa shape index (κ2) is 11.0. The lowest BCUT2D eigenvalue weighted by atomic mass is 9.96. The lowest BCUT2D eigenvalue weighted by molar-refractivity contribution is -0.128. The normalized spacial score (nSPS) is 17.9. The molecule has 1 saturated carbocycles. The second-order valence-corrected chi connectivity index (χ2v) is 10.8. The van der Waals surface area contributed by atoms with Crippen LogP contribution in [0.5, 0.6) is 0 Å². The van der Waals surface area contributed by atoms with Crippen LogP contribution >= 0.6 is 0 Å². The fourth-order valence-electron chi connectivity index (χ4n) is 5.33. The second-order valence-electron chi connectivity index (χ2n) is 10.8. The first-order valence-electron chi connectivity index (χ1n) is 13.6. The molecule has 200 valence electrons. The van der Waals surface area contributed by atoms with Gasteiger partial charge in [0.2, 0.25) is 11.9 Å². The molecule has 9 nitrogen and oxygen atoms in total. The lowest BCUT2D eigenvalue weighted by Gasteiger charge is -2.39. The maximum atomic E-state index is 12.4. The number of nitrogens with one attached hydrogen (secondary N) is 1. The molecule has 0 spiro atoms. The smallest absolute Gasteiger partial charge is 0.270 e. The molecular weight excluding hydrogens is 478 g/mol. The van der Waals surface area contributed by atoms with Gasteiger partial charge >= 0.3 is 0 Å². The van der Waals surface area contributed by atoms with Gasteiger partial charge in [-0.05, 0) is 50.3 Å². The third kappa shape index (κ3) is 5.62. The zero-order valence-corrected chi connectivity index (χ0v) is 22.5. The van der Waals surface area contributed by atoms with Crippen LogP contribution in [0.2, 0.25) is 0 Å². The van der Waals surface area contributed by atoms with Crippen molar-refractivity contribution < 1.29 is 4.79 Å². The molecule has 2 aliphatic rings. The van der Waals surface area contributed by atoms with Crippen molar-refractivity contribution in [2.45, 2.75) is 58.2 Å². The molecule has 2 fully saturated rings. The Kier molecular flexibility index (Phi) is 7.56. The summed E-state index contributed by atoms with van der Waals surface area (Å²) in [6.07, 6.45) is 8.18. The zero-order valence-electron chi connectivity index (χ0n) is 22.5. The maximum absolute atomic E-state index is 12.4. The van der Waals surface area contributed by atoms with E-state index >= 15 is 0 Å². The summed E-state index contributed by atoms with van der Waals surface area (Å²) < 4.78 is 1.64. The first-order chi connectivity index (χ1) is 18.3. The van der Waals surface area contributed by atoms with Crippen molar-refractivity contribution in [1.82, 2.24) is 29.3 Å². The van der Waals surface area contributed by atoms with Gasteiger partial charge in [0.25, 0.3) is 5.56 Å². The number of carbonyl (C=O) groups excluding carboxylic acids is 1. The SMILES string of the molecule is C=CC(=O)N1CCN(C(CC2CC2)c2ccc([C@H](C)Nc3ncc4ncc(=O)n(C(C)C)c4n3)cc2)CC1. The number of carbonyl (C=O) groups is 1. The predicted molar refractivity (Wildman–Crippen MR) is 149 cm³/mol. The van der Waals surface area contributed by atoms with Crippen LogP contribution in [0.3, 0.4) is 0 Å². The number of hydrogen-bond donors (Lipinski definition) is 1. The molecule has 0 bridgehead atoms. The van der Waals surface area contributed by atoms with Crippen LogP contribution in [0.15, 0.2) is 54.1 Å². The van der Waals surface area contributed by atoms with E-state index < -0.39 is 0 Å². The third-order valence-electron chi connectivity index (χ3n) is 7.71. The number of rotatable bonds is 9. The van der Waals surface area contributed by atoms with Crippen LogP contribution in [0, 0.1) is 5.92 Å². The molecule has 1 unspecified atom stereocenters. The van der Waals surface area contributed by atoms with Gasteiger partial charge in [0.05, 0.1) is 18.4 Å². The molecule has 0 radical (unpaired) electrons. The Morgan fingerprint density at radius 3 is 2.37 bits per heavy atom. The Labute approximate surface area is 223 Å². The van der Waals surface area contributed by atoms with Crippen molar-refractivity contribution in [3.8, 4) is 0 Å². The van der Waals surface area contributed by atoms with Crippen molar-refractivity contribution in [2.24, 2.45) is 5.92 Å². The Morgan fingerprint density at radius 2 is 1.74 bits per heavy atom. The first-order valence-corrected chi connectivity index (χ1v) is 13.6. The van der Waals surface area contributed by atoms with E-state index in [-0.39, 0.29) is 23.6 Å². The van der Waals surface area contributed by atoms with E-state index in [9.17, 15) is 9.59 Å². The number of piperazine rings is 1. The third-order valence-corrected chi connectivity index (χ3v) is 7.71. The molecule has 1 aromatic carbocycles. The molecule has 1 N–H and O–H groups in total. The van der Waals surface area contributed by atoms with Crippen molar-refractivity contribution in [3.63, 3.8) is 0 Å². The van der Waals surface area contributed by atoms with Crippen molar-refractivity contribution in [1.29, 1.82) is 0 Å². The Morgan fingerprint density at radius 1 is 1.05 bits per heavy atom. The summed E-state index contributed by atoms with van der Waals surface area (Å²) in [5, 5.41) is 3.39. The first kappa shape index (κ1) is 26.0. The van der Waals surface area contributed by atoms with E-state index in [4.69, 9.17) is 0 Å². The van der Waals surface area contributed by atoms with E-state index in [2.05, 4.69) is 62.9 Å². The zero-order chi connectivity index (χ0) is 26.8. The van der Waals surface area contributed by atoms with E-state index in [0.29, 0.717) is 23.2 Å². The summed E-state index contributed by atoms with van der Waals surface area (Å²) in [6.45, 7) is 12.9. The highest BCUT2D eigenvalue weighted by Crippen LogP contribution is 2.40. The molecule has 3 heterocycles. The molecule has 5 rings (SSSR count). The number of hydrogen-bond acceptors (Lipinski definition) is 7. The van der Waals surface area contributed by atoms with Crippen LogP contribution in [-0.2, 0) is 4.79 Å². The lowest BCUT2D eigenvalue weighted by Crippen LogP contribution is -2.49. The highest BCUT2D eigenvalue weighted by Gasteiger charge is 2.32. The number of amides is 1. The van der Waals surface area contributed by atoms with Gasteiger partial charge in [-0.3, -0.25) is 19.1 Å². The van der Waals surface area contributed by atoms with Crippen LogP contribution in [-0.4, -0.2) is 61.4 Å². The number of anilines is 1. The van der Waals surface area contributed by atoms with E-state index in [1.165, 1.54) is 37.1 Å². The molecule has 1 aliphatic carbocycles. The minimum Gasteiger partial charge on any atom is -0.348 e. The monoisotopic (exact) mass is 515 g/mol. The van der Waals surface area contributed by atoms with E-state index in [1.54, 1.807) is 10.8 Å². The van der Waals surface area contributed by atoms with Crippen LogP contribution in [0.4, 0.5) is 5.95 Å². The number of nitrogens with zero attached hydrogens (tertiary/aromatic N) is 6. The predicted octanol–water partition coefficient (Wildman–Crippen LogP) is 4.11. The Balaban J connectivity index is 1.30. The molecule has 1 saturated heterocycles. The molecular formula is C29H37N7O2. The Hall–Kier alpha value is -3.59. The summed E-state index contributed by atoms with van der Waals surface area (Å²) in [5.41, 5.74) is 3.42. The summed E-state index contributed by atoms with van der Waals surface area (Å²) in [7, 11) is 0. The van der Waals surface area contributed by atoms with Gasteiger partial charge in [0.15, 0.2) is 5.65 Å². The van der Waals surface area contributed by atoms with Crippen LogP contribution in [0.1, 0.15) is 69.3 Å². The minimum absolute atomic E-state index is 0.0206. The summed E-state index contributed by atoms with van der Waals surface area (Å²) >= 11 is 0. The Bertz CT molecular complexity index is 1360. The van der Waals surface area contributed by atoms with Crippen molar-refractivity contribution >= 4 is 23.0 Å². The van der Waals surface area contributed by atoms with Gasteiger partial charge in [0.1, 0.15) is 5.52 Å². The number of aromatic nitrogens is 4. The summed E-state index contributed by atoms with van der Waals surface area (Å²) in [4.78, 5) is 42.1. The van der Waals surface area contributed by atoms with E-state index in [1.807, 2.05) is 18.7 Å². The van der Waals surface area contributed by atoms with Crippen LogP contribution < -0.4 is 10.9 Å². The largest absolute Gasteiger partial charge is 0.348 e. The highest BCUT2D eigenvalue weighted by atomic mass is 16.2. The summed E-state index contributed by atoms with van der Waals surface area (Å²) in [5.74, 6) is 1.29. The molecule has 9 heteroatoms. The van der Waals surface area contributed by atoms with Crippen molar-refractivity contribution in [2.75, 3.05) is 31.5 Å². The fourth-order valence-corrected chi connectivity index (χ4v) is 5.33. The maximum Gasteiger partial charge on any atom is 0.270 e. The molecule has 1 amide bonds.